The van der Waals surface area contributed by atoms with Gasteiger partial charge in [-0.25, -0.2) is 19.3 Å². The molecular weight excluding hydrogens is 374 g/mol. The highest BCUT2D eigenvalue weighted by Crippen LogP contribution is 2.37. The molecule has 28 heavy (non-hydrogen) atoms. The zero-order valence-electron chi connectivity index (χ0n) is 14.9. The van der Waals surface area contributed by atoms with Gasteiger partial charge in [0, 0.05) is 48.7 Å². The zero-order valence-corrected chi connectivity index (χ0v) is 14.9. The van der Waals surface area contributed by atoms with Crippen LogP contribution in [0.3, 0.4) is 0 Å². The third-order valence-corrected chi connectivity index (χ3v) is 5.72. The molecule has 2 aliphatic heterocycles. The number of hydrogen-bond donors (Lipinski definition) is 0. The van der Waals surface area contributed by atoms with Crippen molar-refractivity contribution in [3.8, 4) is 0 Å². The number of fused-ring (bicyclic) bond motifs is 4. The van der Waals surface area contributed by atoms with Crippen LogP contribution >= 0.6 is 0 Å². The van der Waals surface area contributed by atoms with E-state index in [2.05, 4.69) is 24.8 Å². The summed E-state index contributed by atoms with van der Waals surface area (Å²) >= 11 is 0. The molecule has 4 heterocycles. The Morgan fingerprint density at radius 1 is 1.07 bits per heavy atom. The smallest absolute Gasteiger partial charge is 0.352 e. The van der Waals surface area contributed by atoms with Gasteiger partial charge in [-0.2, -0.15) is 13.2 Å². The van der Waals surface area contributed by atoms with Gasteiger partial charge in [-0.05, 0) is 25.5 Å². The Bertz CT molecular complexity index is 1070. The Labute approximate surface area is 158 Å². The number of benzene rings is 1. The fraction of sp³-hybridized carbons (Fsp3) is 0.421. The maximum atomic E-state index is 14.2. The lowest BCUT2D eigenvalue weighted by Gasteiger charge is -2.38. The average molecular weight is 391 g/mol. The van der Waals surface area contributed by atoms with Gasteiger partial charge >= 0.3 is 6.18 Å². The Hall–Kier alpha value is -2.55. The molecule has 1 unspecified atom stereocenters. The van der Waals surface area contributed by atoms with Crippen LogP contribution in [0.4, 0.5) is 23.4 Å². The van der Waals surface area contributed by atoms with Crippen LogP contribution in [0.5, 0.6) is 0 Å². The molecule has 0 spiro atoms. The molecule has 0 saturated carbocycles. The van der Waals surface area contributed by atoms with E-state index in [9.17, 15) is 17.6 Å². The molecule has 5 rings (SSSR count). The minimum absolute atomic E-state index is 0.177. The van der Waals surface area contributed by atoms with Crippen LogP contribution in [-0.2, 0) is 6.18 Å². The first-order valence-electron chi connectivity index (χ1n) is 9.21. The molecule has 146 valence electrons. The van der Waals surface area contributed by atoms with E-state index in [-0.39, 0.29) is 10.9 Å². The van der Waals surface area contributed by atoms with Crippen molar-refractivity contribution in [2.24, 2.45) is 0 Å². The van der Waals surface area contributed by atoms with Crippen molar-refractivity contribution < 1.29 is 17.6 Å². The van der Waals surface area contributed by atoms with E-state index >= 15 is 0 Å². The van der Waals surface area contributed by atoms with E-state index in [4.69, 9.17) is 0 Å². The maximum absolute atomic E-state index is 14.2. The van der Waals surface area contributed by atoms with Gasteiger partial charge in [-0.1, -0.05) is 0 Å². The molecule has 0 amide bonds. The Morgan fingerprint density at radius 2 is 1.93 bits per heavy atom. The fourth-order valence-corrected chi connectivity index (χ4v) is 4.36. The Kier molecular flexibility index (Phi) is 3.90. The Morgan fingerprint density at radius 3 is 2.75 bits per heavy atom. The first kappa shape index (κ1) is 17.5. The van der Waals surface area contributed by atoms with Crippen molar-refractivity contribution in [2.45, 2.75) is 25.1 Å². The third-order valence-electron chi connectivity index (χ3n) is 5.72. The molecule has 1 atom stereocenters. The number of hydrogen-bond acceptors (Lipinski definition) is 5. The standard InChI is InChI=1S/C19H17F4N5/c20-15-7-16-12(6-14(15)19(21,22)23)13-8-24-10-25-17(13)18(26-16)28-5-4-27-3-1-2-11(27)9-28/h6-8,10-11H,1-5,9H2. The van der Waals surface area contributed by atoms with Crippen LogP contribution in [0, 0.1) is 5.82 Å². The maximum Gasteiger partial charge on any atom is 0.419 e. The molecule has 9 heteroatoms. The van der Waals surface area contributed by atoms with E-state index in [1.807, 2.05) is 0 Å². The number of pyridine rings is 1. The minimum Gasteiger partial charge on any atom is -0.352 e. The third kappa shape index (κ3) is 2.76. The summed E-state index contributed by atoms with van der Waals surface area (Å²) in [4.78, 5) is 17.4. The summed E-state index contributed by atoms with van der Waals surface area (Å²) in [6.07, 6.45) is 0.329. The summed E-state index contributed by atoms with van der Waals surface area (Å²) in [6, 6.07) is 2.11. The second kappa shape index (κ2) is 6.23. The summed E-state index contributed by atoms with van der Waals surface area (Å²) in [6.45, 7) is 3.52. The number of nitrogens with zero attached hydrogens (tertiary/aromatic N) is 5. The zero-order chi connectivity index (χ0) is 19.5. The lowest BCUT2D eigenvalue weighted by atomic mass is 10.1. The summed E-state index contributed by atoms with van der Waals surface area (Å²) in [5.74, 6) is -0.745. The van der Waals surface area contributed by atoms with Crippen LogP contribution in [0.25, 0.3) is 21.8 Å². The lowest BCUT2D eigenvalue weighted by molar-refractivity contribution is -0.139. The summed E-state index contributed by atoms with van der Waals surface area (Å²) < 4.78 is 53.7. The van der Waals surface area contributed by atoms with Crippen molar-refractivity contribution in [1.29, 1.82) is 0 Å². The molecule has 0 bridgehead atoms. The summed E-state index contributed by atoms with van der Waals surface area (Å²) in [7, 11) is 0. The van der Waals surface area contributed by atoms with E-state index in [1.54, 1.807) is 0 Å². The number of anilines is 1. The van der Waals surface area contributed by atoms with Crippen LogP contribution < -0.4 is 4.90 Å². The molecule has 2 fully saturated rings. The van der Waals surface area contributed by atoms with Crippen molar-refractivity contribution >= 4 is 27.6 Å². The minimum atomic E-state index is -4.78. The quantitative estimate of drug-likeness (QED) is 0.468. The van der Waals surface area contributed by atoms with Crippen molar-refractivity contribution in [3.05, 3.63) is 36.0 Å². The van der Waals surface area contributed by atoms with Crippen LogP contribution in [-0.4, -0.2) is 52.1 Å². The molecule has 1 aromatic carbocycles. The predicted octanol–water partition coefficient (Wildman–Crippen LogP) is 3.62. The first-order chi connectivity index (χ1) is 13.4. The number of piperazine rings is 1. The van der Waals surface area contributed by atoms with Gasteiger partial charge in [0.1, 0.15) is 17.7 Å². The van der Waals surface area contributed by atoms with Crippen LogP contribution in [0.15, 0.2) is 24.7 Å². The van der Waals surface area contributed by atoms with Gasteiger partial charge in [-0.3, -0.25) is 4.90 Å². The lowest BCUT2D eigenvalue weighted by Crippen LogP contribution is -2.50. The molecule has 2 saturated heterocycles. The van der Waals surface area contributed by atoms with E-state index in [0.29, 0.717) is 22.8 Å². The largest absolute Gasteiger partial charge is 0.419 e. The number of aromatic nitrogens is 3. The predicted molar refractivity (Wildman–Crippen MR) is 96.6 cm³/mol. The van der Waals surface area contributed by atoms with Gasteiger partial charge in [0.25, 0.3) is 0 Å². The molecule has 0 N–H and O–H groups in total. The van der Waals surface area contributed by atoms with Gasteiger partial charge < -0.3 is 4.90 Å². The molecule has 0 aliphatic carbocycles. The highest BCUT2D eigenvalue weighted by Gasteiger charge is 2.35. The summed E-state index contributed by atoms with van der Waals surface area (Å²) in [5.41, 5.74) is -0.635. The van der Waals surface area contributed by atoms with E-state index < -0.39 is 17.6 Å². The van der Waals surface area contributed by atoms with E-state index in [0.717, 1.165) is 51.2 Å². The second-order valence-corrected chi connectivity index (χ2v) is 7.35. The molecule has 5 nitrogen and oxygen atoms in total. The van der Waals surface area contributed by atoms with Gasteiger partial charge in [0.05, 0.1) is 11.1 Å². The van der Waals surface area contributed by atoms with Crippen molar-refractivity contribution in [3.63, 3.8) is 0 Å². The highest BCUT2D eigenvalue weighted by atomic mass is 19.4. The molecule has 3 aromatic rings. The number of rotatable bonds is 1. The SMILES string of the molecule is Fc1cc2nc(N3CCN4CCCC4C3)c3ncncc3c2cc1C(F)(F)F. The van der Waals surface area contributed by atoms with Crippen LogP contribution in [0.1, 0.15) is 18.4 Å². The van der Waals surface area contributed by atoms with Gasteiger partial charge in [0.15, 0.2) is 5.82 Å². The highest BCUT2D eigenvalue weighted by molar-refractivity contribution is 6.08. The normalized spacial score (nSPS) is 20.9. The number of alkyl halides is 3. The van der Waals surface area contributed by atoms with Crippen molar-refractivity contribution in [2.75, 3.05) is 31.1 Å². The Balaban J connectivity index is 1.69. The second-order valence-electron chi connectivity index (χ2n) is 7.35. The molecule has 0 radical (unpaired) electrons. The van der Waals surface area contributed by atoms with Crippen LogP contribution in [0.2, 0.25) is 0 Å². The fourth-order valence-electron chi connectivity index (χ4n) is 4.36. The summed E-state index contributed by atoms with van der Waals surface area (Å²) in [5, 5.41) is 0.648. The van der Waals surface area contributed by atoms with Crippen molar-refractivity contribution in [1.82, 2.24) is 19.9 Å². The monoisotopic (exact) mass is 391 g/mol. The van der Waals surface area contributed by atoms with Gasteiger partial charge in [-0.15, -0.1) is 0 Å². The first-order valence-corrected chi connectivity index (χ1v) is 9.21. The number of halogens is 4. The van der Waals surface area contributed by atoms with E-state index in [1.165, 1.54) is 12.5 Å². The molecular formula is C19H17F4N5. The molecule has 2 aromatic heterocycles. The topological polar surface area (TPSA) is 45.2 Å². The average Bonchev–Trinajstić information content (AvgIpc) is 3.13. The van der Waals surface area contributed by atoms with Gasteiger partial charge in [0.2, 0.25) is 0 Å². The molecule has 2 aliphatic rings.